The summed E-state index contributed by atoms with van der Waals surface area (Å²) in [5, 5.41) is 3.46. The molecular formula is C12H18ClNO2. The van der Waals surface area contributed by atoms with Crippen LogP contribution in [-0.2, 0) is 0 Å². The van der Waals surface area contributed by atoms with Gasteiger partial charge >= 0.3 is 0 Å². The molecule has 1 aliphatic heterocycles. The first kappa shape index (κ1) is 13.1. The molecule has 2 rings (SSSR count). The first-order valence-electron chi connectivity index (χ1n) is 5.31. The Morgan fingerprint density at radius 2 is 2.06 bits per heavy atom. The van der Waals surface area contributed by atoms with E-state index in [1.807, 2.05) is 12.1 Å². The number of rotatable bonds is 3. The van der Waals surface area contributed by atoms with Gasteiger partial charge in [-0.05, 0) is 25.5 Å². The Morgan fingerprint density at radius 3 is 2.62 bits per heavy atom. The van der Waals surface area contributed by atoms with Gasteiger partial charge in [-0.15, -0.1) is 12.4 Å². The van der Waals surface area contributed by atoms with E-state index in [9.17, 15) is 0 Å². The fourth-order valence-corrected chi connectivity index (χ4v) is 2.14. The van der Waals surface area contributed by atoms with Gasteiger partial charge in [0.15, 0.2) is 11.5 Å². The van der Waals surface area contributed by atoms with Crippen molar-refractivity contribution in [1.29, 1.82) is 0 Å². The lowest BCUT2D eigenvalue weighted by Gasteiger charge is -2.17. The van der Waals surface area contributed by atoms with Crippen LogP contribution in [0.5, 0.6) is 11.5 Å². The van der Waals surface area contributed by atoms with Gasteiger partial charge in [-0.3, -0.25) is 0 Å². The van der Waals surface area contributed by atoms with Crippen LogP contribution in [0, 0.1) is 0 Å². The molecule has 3 nitrogen and oxygen atoms in total. The van der Waals surface area contributed by atoms with E-state index in [1.165, 1.54) is 18.4 Å². The number of hydrogen-bond donors (Lipinski definition) is 1. The van der Waals surface area contributed by atoms with Crippen LogP contribution in [0.15, 0.2) is 18.2 Å². The van der Waals surface area contributed by atoms with Crippen LogP contribution in [0.4, 0.5) is 0 Å². The van der Waals surface area contributed by atoms with Gasteiger partial charge in [-0.2, -0.15) is 0 Å². The second kappa shape index (κ2) is 5.97. The highest BCUT2D eigenvalue weighted by Crippen LogP contribution is 2.37. The molecule has 1 heterocycles. The van der Waals surface area contributed by atoms with Gasteiger partial charge in [0.1, 0.15) is 0 Å². The van der Waals surface area contributed by atoms with Crippen molar-refractivity contribution in [1.82, 2.24) is 5.32 Å². The van der Waals surface area contributed by atoms with Crippen LogP contribution in [0.3, 0.4) is 0 Å². The van der Waals surface area contributed by atoms with Crippen molar-refractivity contribution in [2.24, 2.45) is 0 Å². The Balaban J connectivity index is 0.00000128. The third-order valence-electron chi connectivity index (χ3n) is 2.87. The molecule has 1 fully saturated rings. The average Bonchev–Trinajstić information content (AvgIpc) is 2.81. The number of halogens is 1. The second-order valence-corrected chi connectivity index (χ2v) is 3.73. The van der Waals surface area contributed by atoms with Crippen LogP contribution in [0.2, 0.25) is 0 Å². The Kier molecular flexibility index (Phi) is 4.90. The smallest absolute Gasteiger partial charge is 0.165 e. The third kappa shape index (κ3) is 2.42. The minimum atomic E-state index is 0. The largest absolute Gasteiger partial charge is 0.493 e. The highest BCUT2D eigenvalue weighted by molar-refractivity contribution is 5.85. The summed E-state index contributed by atoms with van der Waals surface area (Å²) in [7, 11) is 3.36. The molecule has 90 valence electrons. The van der Waals surface area contributed by atoms with Gasteiger partial charge in [0, 0.05) is 11.6 Å². The normalized spacial score (nSPS) is 19.0. The van der Waals surface area contributed by atoms with Gasteiger partial charge in [-0.1, -0.05) is 12.1 Å². The van der Waals surface area contributed by atoms with Crippen molar-refractivity contribution in [3.8, 4) is 11.5 Å². The molecule has 16 heavy (non-hydrogen) atoms. The first-order chi connectivity index (χ1) is 7.36. The number of benzene rings is 1. The van der Waals surface area contributed by atoms with Gasteiger partial charge in [-0.25, -0.2) is 0 Å². The SMILES string of the molecule is COc1cccc([C@@H]2CCCN2)c1OC.Cl. The lowest BCUT2D eigenvalue weighted by Crippen LogP contribution is -2.14. The van der Waals surface area contributed by atoms with Crippen molar-refractivity contribution in [3.63, 3.8) is 0 Å². The quantitative estimate of drug-likeness (QED) is 0.885. The Labute approximate surface area is 103 Å². The molecule has 1 N–H and O–H groups in total. The molecule has 4 heteroatoms. The lowest BCUT2D eigenvalue weighted by atomic mass is 10.0. The summed E-state index contributed by atoms with van der Waals surface area (Å²) >= 11 is 0. The molecule has 0 radical (unpaired) electrons. The fraction of sp³-hybridized carbons (Fsp3) is 0.500. The van der Waals surface area contributed by atoms with Crippen molar-refractivity contribution in [2.45, 2.75) is 18.9 Å². The minimum absolute atomic E-state index is 0. The van der Waals surface area contributed by atoms with Crippen LogP contribution < -0.4 is 14.8 Å². The maximum absolute atomic E-state index is 5.41. The molecule has 1 aromatic rings. The maximum Gasteiger partial charge on any atom is 0.165 e. The highest BCUT2D eigenvalue weighted by Gasteiger charge is 2.21. The molecule has 1 aliphatic rings. The van der Waals surface area contributed by atoms with Crippen molar-refractivity contribution in [3.05, 3.63) is 23.8 Å². The zero-order chi connectivity index (χ0) is 10.7. The molecule has 0 amide bonds. The van der Waals surface area contributed by atoms with E-state index in [-0.39, 0.29) is 12.4 Å². The molecule has 0 aliphatic carbocycles. The van der Waals surface area contributed by atoms with Gasteiger partial charge in [0.05, 0.1) is 14.2 Å². The van der Waals surface area contributed by atoms with E-state index < -0.39 is 0 Å². The summed E-state index contributed by atoms with van der Waals surface area (Å²) in [6.07, 6.45) is 2.40. The number of hydrogen-bond acceptors (Lipinski definition) is 3. The third-order valence-corrected chi connectivity index (χ3v) is 2.87. The summed E-state index contributed by atoms with van der Waals surface area (Å²) in [5.41, 5.74) is 1.20. The van der Waals surface area contributed by atoms with Crippen molar-refractivity contribution < 1.29 is 9.47 Å². The number of methoxy groups -OCH3 is 2. The molecule has 1 atom stereocenters. The molecular weight excluding hydrogens is 226 g/mol. The highest BCUT2D eigenvalue weighted by atomic mass is 35.5. The predicted octanol–water partition coefficient (Wildman–Crippen LogP) is 2.55. The number of ether oxygens (including phenoxy) is 2. The van der Waals surface area contributed by atoms with Crippen molar-refractivity contribution >= 4 is 12.4 Å². The average molecular weight is 244 g/mol. The minimum Gasteiger partial charge on any atom is -0.493 e. The van der Waals surface area contributed by atoms with Crippen LogP contribution >= 0.6 is 12.4 Å². The first-order valence-corrected chi connectivity index (χ1v) is 5.31. The van der Waals surface area contributed by atoms with Crippen molar-refractivity contribution in [2.75, 3.05) is 20.8 Å². The molecule has 0 saturated carbocycles. The van der Waals surface area contributed by atoms with Gasteiger partial charge in [0.25, 0.3) is 0 Å². The number of para-hydroxylation sites is 1. The molecule has 0 unspecified atom stereocenters. The van der Waals surface area contributed by atoms with Crippen LogP contribution in [0.25, 0.3) is 0 Å². The Morgan fingerprint density at radius 1 is 1.25 bits per heavy atom. The van der Waals surface area contributed by atoms with E-state index >= 15 is 0 Å². The Hall–Kier alpha value is -0.930. The molecule has 0 bridgehead atoms. The zero-order valence-corrected chi connectivity index (χ0v) is 10.5. The summed E-state index contributed by atoms with van der Waals surface area (Å²) in [6.45, 7) is 1.09. The fourth-order valence-electron chi connectivity index (χ4n) is 2.14. The summed E-state index contributed by atoms with van der Waals surface area (Å²) in [5.74, 6) is 1.67. The molecule has 0 spiro atoms. The van der Waals surface area contributed by atoms with Crippen LogP contribution in [-0.4, -0.2) is 20.8 Å². The monoisotopic (exact) mass is 243 g/mol. The Bertz CT molecular complexity index is 338. The van der Waals surface area contributed by atoms with Crippen LogP contribution in [0.1, 0.15) is 24.4 Å². The number of nitrogens with one attached hydrogen (secondary N) is 1. The maximum atomic E-state index is 5.41. The summed E-state index contributed by atoms with van der Waals surface area (Å²) in [6, 6.07) is 6.45. The zero-order valence-electron chi connectivity index (χ0n) is 9.66. The van der Waals surface area contributed by atoms with E-state index in [0.29, 0.717) is 6.04 Å². The molecule has 1 aromatic carbocycles. The topological polar surface area (TPSA) is 30.5 Å². The van der Waals surface area contributed by atoms with E-state index in [2.05, 4.69) is 11.4 Å². The predicted molar refractivity (Wildman–Crippen MR) is 66.8 cm³/mol. The molecule has 0 aromatic heterocycles. The van der Waals surface area contributed by atoms with E-state index in [1.54, 1.807) is 14.2 Å². The van der Waals surface area contributed by atoms with Gasteiger partial charge < -0.3 is 14.8 Å². The lowest BCUT2D eigenvalue weighted by molar-refractivity contribution is 0.348. The molecule has 1 saturated heterocycles. The van der Waals surface area contributed by atoms with E-state index in [4.69, 9.17) is 9.47 Å². The second-order valence-electron chi connectivity index (χ2n) is 3.73. The summed E-state index contributed by atoms with van der Waals surface area (Å²) < 4.78 is 10.7. The standard InChI is InChI=1S/C12H17NO2.ClH/c1-14-11-7-3-5-9(12(11)15-2)10-6-4-8-13-10;/h3,5,7,10,13H,4,6,8H2,1-2H3;1H/t10-;/m0./s1. The van der Waals surface area contributed by atoms with Gasteiger partial charge in [0.2, 0.25) is 0 Å². The van der Waals surface area contributed by atoms with E-state index in [0.717, 1.165) is 18.0 Å². The summed E-state index contributed by atoms with van der Waals surface area (Å²) in [4.78, 5) is 0.